The molecule has 4 aromatic heterocycles. The van der Waals surface area contributed by atoms with E-state index in [2.05, 4.69) is 296 Å². The molecular weight excluding hydrogens is 1530 g/mol. The van der Waals surface area contributed by atoms with Crippen molar-refractivity contribution in [2.24, 2.45) is 0 Å². The molecule has 0 saturated carbocycles. The number of nitrogens with zero attached hydrogens (tertiary/aromatic N) is 8. The Labute approximate surface area is 560 Å². The summed E-state index contributed by atoms with van der Waals surface area (Å²) in [5.74, 6) is 1.67. The number of hydrogen-bond donors (Lipinski definition) is 0. The van der Waals surface area contributed by atoms with Crippen molar-refractivity contribution in [3.63, 3.8) is 0 Å². The van der Waals surface area contributed by atoms with Crippen LogP contribution in [0.3, 0.4) is 0 Å². The van der Waals surface area contributed by atoms with E-state index < -0.39 is 0 Å². The topological polar surface area (TPSA) is 71.3 Å². The number of aromatic nitrogens is 8. The summed E-state index contributed by atoms with van der Waals surface area (Å²) in [4.78, 5) is 21.1. The smallest absolute Gasteiger partial charge is 2.00 e. The molecule has 0 bridgehead atoms. The maximum Gasteiger partial charge on any atom is 2.00 e. The third-order valence-corrected chi connectivity index (χ3v) is 18.4. The summed E-state index contributed by atoms with van der Waals surface area (Å²) in [6.07, 6.45) is 16.1. The number of rotatable bonds is 16. The first-order valence-corrected chi connectivity index (χ1v) is 32.1. The van der Waals surface area contributed by atoms with Crippen LogP contribution in [0.5, 0.6) is 0 Å². The number of imidazole rings is 4. The third-order valence-electron chi connectivity index (χ3n) is 15.5. The quantitative estimate of drug-likeness (QED) is 0.0712. The van der Waals surface area contributed by atoms with E-state index in [0.29, 0.717) is 23.7 Å². The minimum atomic E-state index is 0. The molecule has 8 nitrogen and oxygen atoms in total. The van der Waals surface area contributed by atoms with Crippen LogP contribution >= 0.6 is 11.8 Å². The molecule has 12 aromatic rings. The van der Waals surface area contributed by atoms with Gasteiger partial charge in [0.05, 0.1) is 24.0 Å². The van der Waals surface area contributed by atoms with Crippen molar-refractivity contribution < 1.29 is 42.1 Å². The van der Waals surface area contributed by atoms with E-state index in [0.717, 1.165) is 59.3 Å². The first kappa shape index (κ1) is 65.3. The number of para-hydroxylation sites is 4. The predicted octanol–water partition coefficient (Wildman–Crippen LogP) is 17.5. The number of aryl methyl sites for hydroxylation is 4. The largest absolute Gasteiger partial charge is 2.00 e. The molecule has 0 spiro atoms. The molecule has 448 valence electrons. The van der Waals surface area contributed by atoms with Gasteiger partial charge in [0.2, 0.25) is 0 Å². The van der Waals surface area contributed by atoms with Crippen LogP contribution in [0.15, 0.2) is 205 Å². The van der Waals surface area contributed by atoms with Crippen LogP contribution < -0.4 is 8.92 Å². The van der Waals surface area contributed by atoms with Gasteiger partial charge in [-0.15, -0.1) is 71.4 Å². The second kappa shape index (κ2) is 29.0. The van der Waals surface area contributed by atoms with E-state index in [4.69, 9.17) is 19.9 Å². The van der Waals surface area contributed by atoms with Gasteiger partial charge in [0.25, 0.3) is 0 Å². The first-order chi connectivity index (χ1) is 41.6. The Morgan fingerprint density at radius 2 is 0.591 bits per heavy atom. The van der Waals surface area contributed by atoms with Gasteiger partial charge in [-0.2, -0.15) is 0 Å². The third kappa shape index (κ3) is 14.6. The standard InChI is InChI=1S/C38H36N4S.C38H36N4Se.2Pt/c2*1-25(2)33-17-10-18-34(26(3)4)38(33)42-22-36(40-24-42)30-14-9-16-32(20-30)43-31-15-8-13-29(19-31)35-21-41(23-39-35)37-27(5)11-7-12-28(37)6;;/h2*7-18,21-26H,1-6H3;;/q2*-2;2*+2. The Balaban J connectivity index is 0.000000205. The van der Waals surface area contributed by atoms with Crippen LogP contribution in [0.2, 0.25) is 0 Å². The molecule has 0 radical (unpaired) electrons. The molecule has 0 amide bonds. The predicted molar refractivity (Wildman–Crippen MR) is 356 cm³/mol. The van der Waals surface area contributed by atoms with Gasteiger partial charge in [-0.05, 0) is 60.3 Å². The Kier molecular flexibility index (Phi) is 21.5. The summed E-state index contributed by atoms with van der Waals surface area (Å²) in [5, 5.41) is 0. The average molecular weight is 1600 g/mol. The van der Waals surface area contributed by atoms with E-state index in [9.17, 15) is 0 Å². The van der Waals surface area contributed by atoms with Crippen molar-refractivity contribution in [3.8, 4) is 67.8 Å². The molecule has 12 rings (SSSR count). The summed E-state index contributed by atoms with van der Waals surface area (Å²) in [5.41, 5.74) is 22.7. The second-order valence-electron chi connectivity index (χ2n) is 23.3. The van der Waals surface area contributed by atoms with E-state index in [1.54, 1.807) is 11.8 Å². The van der Waals surface area contributed by atoms with Crippen molar-refractivity contribution in [1.82, 2.24) is 38.2 Å². The average Bonchev–Trinajstić information content (AvgIpc) is 2.91. The molecule has 0 aliphatic rings. The molecule has 12 heteroatoms. The van der Waals surface area contributed by atoms with Gasteiger partial charge in [0.15, 0.2) is 0 Å². The molecule has 0 unspecified atom stereocenters. The molecule has 0 aliphatic carbocycles. The molecule has 0 fully saturated rings. The van der Waals surface area contributed by atoms with Gasteiger partial charge in [-0.1, -0.05) is 73.9 Å². The van der Waals surface area contributed by atoms with Crippen LogP contribution in [0.25, 0.3) is 67.8 Å². The van der Waals surface area contributed by atoms with Crippen LogP contribution in [0, 0.1) is 52.0 Å². The monoisotopic (exact) mass is 1600 g/mol. The number of benzene rings is 8. The van der Waals surface area contributed by atoms with Gasteiger partial charge in [0.1, 0.15) is 0 Å². The molecular formula is C76H72N8Pt2SSe. The number of hydrogen-bond acceptors (Lipinski definition) is 5. The van der Waals surface area contributed by atoms with Crippen LogP contribution in [-0.2, 0) is 42.1 Å². The van der Waals surface area contributed by atoms with Crippen LogP contribution in [0.1, 0.15) is 124 Å². The molecule has 8 aromatic carbocycles. The van der Waals surface area contributed by atoms with Crippen molar-refractivity contribution >= 4 is 35.6 Å². The zero-order valence-corrected chi connectivity index (χ0v) is 58.9. The normalized spacial score (nSPS) is 11.3. The Bertz CT molecular complexity index is 3980. The van der Waals surface area contributed by atoms with Crippen LogP contribution in [0.4, 0.5) is 0 Å². The molecule has 0 N–H and O–H groups in total. The SMILES string of the molecule is Cc1cccc(C)c1-n1cnc(-c2[c-]c(Sc3[c-]c(-c4cn(-c5c(C(C)C)cccc5C(C)C)cn4)ccc3)ccc2)c1.Cc1cccc(C)c1-n1cnc(-c2[c-]c([Se]c3[c-]c(-c4cn(-c5c(C(C)C)cccc5C(C)C)cn4)ccc3)ccc2)c1.[Pt+2].[Pt+2]. The van der Waals surface area contributed by atoms with Crippen LogP contribution in [-0.4, -0.2) is 53.2 Å². The zero-order chi connectivity index (χ0) is 60.2. The minimum absolute atomic E-state index is 0. The fraction of sp³-hybridized carbons (Fsp3) is 0.211. The maximum atomic E-state index is 4.83. The van der Waals surface area contributed by atoms with Gasteiger partial charge < -0.3 is 9.13 Å². The summed E-state index contributed by atoms with van der Waals surface area (Å²) >= 11 is 1.69. The van der Waals surface area contributed by atoms with E-state index in [1.807, 2.05) is 25.3 Å². The second-order valence-corrected chi connectivity index (χ2v) is 26.6. The van der Waals surface area contributed by atoms with E-state index in [-0.39, 0.29) is 57.1 Å². The fourth-order valence-corrected chi connectivity index (χ4v) is 13.9. The Morgan fingerprint density at radius 1 is 0.330 bits per heavy atom. The first-order valence-electron chi connectivity index (χ1n) is 29.6. The van der Waals surface area contributed by atoms with Crippen molar-refractivity contribution in [3.05, 3.63) is 264 Å². The Hall–Kier alpha value is -7.15. The van der Waals surface area contributed by atoms with Gasteiger partial charge >= 0.3 is 305 Å². The van der Waals surface area contributed by atoms with Crippen molar-refractivity contribution in [1.29, 1.82) is 0 Å². The van der Waals surface area contributed by atoms with Gasteiger partial charge in [-0.3, -0.25) is 9.97 Å². The fourth-order valence-electron chi connectivity index (χ4n) is 11.2. The zero-order valence-electron chi connectivity index (χ0n) is 51.8. The molecule has 88 heavy (non-hydrogen) atoms. The molecule has 4 heterocycles. The van der Waals surface area contributed by atoms with Crippen molar-refractivity contribution in [2.45, 2.75) is 117 Å². The van der Waals surface area contributed by atoms with Gasteiger partial charge in [0, 0.05) is 11.4 Å². The molecule has 0 aliphatic heterocycles. The van der Waals surface area contributed by atoms with E-state index >= 15 is 0 Å². The molecule has 0 atom stereocenters. The summed E-state index contributed by atoms with van der Waals surface area (Å²) in [6.45, 7) is 26.5. The Morgan fingerprint density at radius 3 is 0.898 bits per heavy atom. The minimum Gasteiger partial charge on any atom is 2.00 e. The summed E-state index contributed by atoms with van der Waals surface area (Å²) < 4.78 is 10.9. The van der Waals surface area contributed by atoms with Gasteiger partial charge in [-0.25, -0.2) is 0 Å². The van der Waals surface area contributed by atoms with E-state index in [1.165, 1.54) is 71.7 Å². The summed E-state index contributed by atoms with van der Waals surface area (Å²) in [6, 6.07) is 65.6. The molecule has 0 saturated heterocycles. The van der Waals surface area contributed by atoms with Crippen molar-refractivity contribution in [2.75, 3.05) is 0 Å². The maximum absolute atomic E-state index is 4.83. The summed E-state index contributed by atoms with van der Waals surface area (Å²) in [7, 11) is 0.